The van der Waals surface area contributed by atoms with Crippen LogP contribution in [0.15, 0.2) is 36.5 Å². The fraction of sp³-hybridized carbons (Fsp3) is 0.273. The van der Waals surface area contributed by atoms with E-state index in [1.807, 2.05) is 30.3 Å². The van der Waals surface area contributed by atoms with E-state index in [0.29, 0.717) is 6.54 Å². The number of aromatic nitrogens is 3. The molecule has 0 atom stereocenters. The van der Waals surface area contributed by atoms with Crippen LogP contribution in [0.25, 0.3) is 0 Å². The molecule has 0 unspecified atom stereocenters. The van der Waals surface area contributed by atoms with Crippen molar-refractivity contribution in [1.29, 1.82) is 0 Å². The summed E-state index contributed by atoms with van der Waals surface area (Å²) in [6, 6.07) is 9.13. The molecule has 9 nitrogen and oxygen atoms in total. The predicted octanol–water partition coefficient (Wildman–Crippen LogP) is -14.0. The quantitative estimate of drug-likeness (QED) is 0.320. The van der Waals surface area contributed by atoms with Gasteiger partial charge >= 0.3 is 118 Å². The number of nitrogens with zero attached hydrogens (tertiary/aromatic N) is 3. The van der Waals surface area contributed by atoms with Crippen molar-refractivity contribution >= 4 is 15.2 Å². The van der Waals surface area contributed by atoms with Crippen molar-refractivity contribution in [2.45, 2.75) is 18.4 Å². The van der Waals surface area contributed by atoms with E-state index >= 15 is 0 Å². The van der Waals surface area contributed by atoms with Gasteiger partial charge in [-0.3, -0.25) is 0 Å². The average Bonchev–Trinajstić information content (AvgIpc) is 2.82. The average molecular weight is 435 g/mol. The molecule has 0 aliphatic rings. The van der Waals surface area contributed by atoms with Gasteiger partial charge in [0.1, 0.15) is 0 Å². The molecular weight excluding hydrogens is 424 g/mol. The molecular formula is C11H11N3Na4O6P2. The van der Waals surface area contributed by atoms with Gasteiger partial charge in [0.25, 0.3) is 0 Å². The molecule has 0 spiro atoms. The van der Waals surface area contributed by atoms with E-state index in [1.165, 1.54) is 10.9 Å². The van der Waals surface area contributed by atoms with Crippen LogP contribution in [-0.2, 0) is 22.1 Å². The van der Waals surface area contributed by atoms with Crippen molar-refractivity contribution in [3.05, 3.63) is 47.8 Å². The van der Waals surface area contributed by atoms with Gasteiger partial charge < -0.3 is 28.7 Å². The summed E-state index contributed by atoms with van der Waals surface area (Å²) in [5, 5.41) is 4.75. The van der Waals surface area contributed by atoms with Crippen LogP contribution in [0.2, 0.25) is 0 Å². The first-order valence-corrected chi connectivity index (χ1v) is 9.35. The summed E-state index contributed by atoms with van der Waals surface area (Å²) in [6.07, 6.45) is 0.495. The second-order valence-corrected chi connectivity index (χ2v) is 8.47. The Morgan fingerprint density at radius 1 is 0.923 bits per heavy atom. The number of hydrogen-bond donors (Lipinski definition) is 0. The van der Waals surface area contributed by atoms with Crippen LogP contribution in [-0.4, -0.2) is 20.4 Å². The van der Waals surface area contributed by atoms with Gasteiger partial charge in [0, 0.05) is 18.0 Å². The molecule has 0 aliphatic heterocycles. The standard InChI is InChI=1S/C11H15N3O6P2.4Na/c15-21(16,17)11(22(18,19)20)6-10-8-14(13-12-10)7-9-4-2-1-3-5-9;;;;/h1-5,8,11H,6-7H2,(H2,15,16,17)(H2,18,19,20);;;;/q;4*+1/p-4. The Morgan fingerprint density at radius 3 is 1.88 bits per heavy atom. The van der Waals surface area contributed by atoms with E-state index in [9.17, 15) is 28.7 Å². The Balaban J connectivity index is -0.00000132. The van der Waals surface area contributed by atoms with E-state index in [4.69, 9.17) is 0 Å². The van der Waals surface area contributed by atoms with Crippen LogP contribution in [0.3, 0.4) is 0 Å². The maximum atomic E-state index is 10.9. The molecule has 0 radical (unpaired) electrons. The molecule has 120 valence electrons. The summed E-state index contributed by atoms with van der Waals surface area (Å²) in [4.78, 5) is 43.7. The van der Waals surface area contributed by atoms with Gasteiger partial charge in [0.2, 0.25) is 0 Å². The number of rotatable bonds is 6. The Hall–Kier alpha value is 2.66. The SMILES string of the molecule is O=P([O-])([O-])C(Cc1cn(Cc2ccccc2)nn1)P(=O)([O-])[O-].[Na+].[Na+].[Na+].[Na+]. The second kappa shape index (κ2) is 14.6. The minimum Gasteiger partial charge on any atom is -0.810 e. The van der Waals surface area contributed by atoms with Crippen LogP contribution in [0.4, 0.5) is 0 Å². The third-order valence-electron chi connectivity index (χ3n) is 2.90. The molecule has 0 aliphatic carbocycles. The monoisotopic (exact) mass is 435 g/mol. The second-order valence-electron chi connectivity index (χ2n) is 4.66. The normalized spacial score (nSPS) is 10.8. The molecule has 1 aromatic carbocycles. The zero-order valence-corrected chi connectivity index (χ0v) is 24.9. The van der Waals surface area contributed by atoms with Gasteiger partial charge in [-0.25, -0.2) is 4.68 Å². The molecule has 0 fully saturated rings. The van der Waals surface area contributed by atoms with Crippen molar-refractivity contribution in [3.63, 3.8) is 0 Å². The minimum atomic E-state index is -5.59. The van der Waals surface area contributed by atoms with E-state index in [0.717, 1.165) is 5.56 Å². The van der Waals surface area contributed by atoms with Gasteiger partial charge in [-0.15, -0.1) is 5.10 Å². The predicted molar refractivity (Wildman–Crippen MR) is 68.3 cm³/mol. The molecule has 0 N–H and O–H groups in total. The van der Waals surface area contributed by atoms with E-state index in [2.05, 4.69) is 10.3 Å². The summed E-state index contributed by atoms with van der Waals surface area (Å²) in [7, 11) is -11.2. The first-order valence-electron chi connectivity index (χ1n) is 6.12. The van der Waals surface area contributed by atoms with Gasteiger partial charge in [0.15, 0.2) is 0 Å². The van der Waals surface area contributed by atoms with Gasteiger partial charge in [-0.05, 0) is 5.56 Å². The summed E-state index contributed by atoms with van der Waals surface area (Å²) < 4.78 is 23.2. The first-order chi connectivity index (χ1) is 10.2. The van der Waals surface area contributed by atoms with Crippen LogP contribution in [0.5, 0.6) is 0 Å². The Morgan fingerprint density at radius 2 is 1.42 bits per heavy atom. The summed E-state index contributed by atoms with van der Waals surface area (Å²) in [5.41, 5.74) is 0.840. The smallest absolute Gasteiger partial charge is 0.810 e. The van der Waals surface area contributed by atoms with Crippen molar-refractivity contribution in [3.8, 4) is 0 Å². The third kappa shape index (κ3) is 11.2. The summed E-state index contributed by atoms with van der Waals surface area (Å²) >= 11 is 0. The molecule has 2 aromatic rings. The molecule has 15 heteroatoms. The number of benzene rings is 1. The number of hydrogen-bond acceptors (Lipinski definition) is 8. The van der Waals surface area contributed by atoms with Gasteiger partial charge in [-0.2, -0.15) is 0 Å². The maximum Gasteiger partial charge on any atom is 1.00 e. The third-order valence-corrected chi connectivity index (χ3v) is 6.42. The van der Waals surface area contributed by atoms with Crippen molar-refractivity contribution in [1.82, 2.24) is 15.0 Å². The molecule has 0 saturated heterocycles. The van der Waals surface area contributed by atoms with Crippen LogP contribution < -0.4 is 138 Å². The van der Waals surface area contributed by atoms with E-state index in [-0.39, 0.29) is 124 Å². The van der Waals surface area contributed by atoms with Crippen molar-refractivity contribution in [2.24, 2.45) is 0 Å². The molecule has 1 aromatic heterocycles. The Bertz CT molecular complexity index is 717. The molecule has 26 heavy (non-hydrogen) atoms. The molecule has 0 bridgehead atoms. The van der Waals surface area contributed by atoms with Crippen LogP contribution in [0.1, 0.15) is 11.3 Å². The molecule has 0 amide bonds. The Kier molecular flexibility index (Phi) is 18.7. The van der Waals surface area contributed by atoms with E-state index < -0.39 is 27.0 Å². The van der Waals surface area contributed by atoms with Crippen molar-refractivity contribution < 1.29 is 147 Å². The first kappa shape index (κ1) is 33.3. The zero-order chi connectivity index (χ0) is 16.4. The Labute approximate surface area is 239 Å². The van der Waals surface area contributed by atoms with Gasteiger partial charge in [-0.1, -0.05) is 50.7 Å². The fourth-order valence-electron chi connectivity index (χ4n) is 1.86. The molecule has 0 saturated carbocycles. The van der Waals surface area contributed by atoms with Crippen LogP contribution >= 0.6 is 15.2 Å². The molecule has 2 rings (SSSR count). The van der Waals surface area contributed by atoms with E-state index in [1.54, 1.807) is 0 Å². The zero-order valence-electron chi connectivity index (χ0n) is 15.1. The summed E-state index contributed by atoms with van der Waals surface area (Å²) in [6.45, 7) is 0.331. The summed E-state index contributed by atoms with van der Waals surface area (Å²) in [5.74, 6) is 0. The molecule has 1 heterocycles. The maximum absolute atomic E-state index is 10.9. The fourth-order valence-corrected chi connectivity index (χ4v) is 4.07. The van der Waals surface area contributed by atoms with Gasteiger partial charge in [0.05, 0.1) is 12.2 Å². The van der Waals surface area contributed by atoms with Crippen LogP contribution in [0, 0.1) is 0 Å². The van der Waals surface area contributed by atoms with Crippen molar-refractivity contribution in [2.75, 3.05) is 0 Å². The topological polar surface area (TPSA) is 157 Å². The minimum absolute atomic E-state index is 0. The largest absolute Gasteiger partial charge is 1.00 e.